The van der Waals surface area contributed by atoms with Crippen LogP contribution in [0.3, 0.4) is 0 Å². The van der Waals surface area contributed by atoms with E-state index in [1.807, 2.05) is 18.4 Å². The number of aryl methyl sites for hydroxylation is 1. The average Bonchev–Trinajstić information content (AvgIpc) is 2.87. The Kier molecular flexibility index (Phi) is 8.38. The monoisotopic (exact) mass is 310 g/mol. The topological polar surface area (TPSA) is 39.7 Å². The molecule has 0 fully saturated rings. The van der Waals surface area contributed by atoms with Crippen LogP contribution in [-0.2, 0) is 6.42 Å². The number of nitrogens with one attached hydrogen (secondary N) is 2. The second-order valence-corrected chi connectivity index (χ2v) is 6.66. The number of thiophene rings is 1. The van der Waals surface area contributed by atoms with Gasteiger partial charge in [0.15, 0.2) is 5.96 Å². The minimum absolute atomic E-state index is 0.378. The number of hydrogen-bond acceptors (Lipinski definition) is 3. The minimum Gasteiger partial charge on any atom is -0.355 e. The SMILES string of the molecule is CCN(CC)CCNC(=NC)NC(C)Cc1ccc(C)s1. The first-order valence-corrected chi connectivity index (χ1v) is 8.65. The molecule has 5 heteroatoms. The smallest absolute Gasteiger partial charge is 0.191 e. The molecule has 0 amide bonds. The Bertz CT molecular complexity index is 424. The van der Waals surface area contributed by atoms with Crippen molar-refractivity contribution in [3.05, 3.63) is 21.9 Å². The molecule has 120 valence electrons. The molecule has 1 aromatic rings. The van der Waals surface area contributed by atoms with E-state index >= 15 is 0 Å². The van der Waals surface area contributed by atoms with Crippen molar-refractivity contribution >= 4 is 17.3 Å². The maximum absolute atomic E-state index is 4.30. The molecule has 1 aromatic heterocycles. The molecule has 21 heavy (non-hydrogen) atoms. The molecule has 1 unspecified atom stereocenters. The van der Waals surface area contributed by atoms with Gasteiger partial charge in [-0.05, 0) is 39.1 Å². The van der Waals surface area contributed by atoms with E-state index in [1.54, 1.807) is 0 Å². The summed E-state index contributed by atoms with van der Waals surface area (Å²) in [5, 5.41) is 6.85. The third kappa shape index (κ3) is 6.96. The summed E-state index contributed by atoms with van der Waals surface area (Å²) in [5.74, 6) is 0.892. The van der Waals surface area contributed by atoms with Crippen molar-refractivity contribution in [2.45, 2.75) is 40.2 Å². The van der Waals surface area contributed by atoms with Crippen LogP contribution in [0.1, 0.15) is 30.5 Å². The third-order valence-corrected chi connectivity index (χ3v) is 4.55. The van der Waals surface area contributed by atoms with Gasteiger partial charge in [0.05, 0.1) is 0 Å². The number of rotatable bonds is 8. The molecular weight excluding hydrogens is 280 g/mol. The summed E-state index contributed by atoms with van der Waals surface area (Å²) in [6.45, 7) is 12.9. The van der Waals surface area contributed by atoms with Gasteiger partial charge < -0.3 is 15.5 Å². The summed E-state index contributed by atoms with van der Waals surface area (Å²) in [6.07, 6.45) is 1.04. The molecule has 0 spiro atoms. The second-order valence-electron chi connectivity index (χ2n) is 5.29. The van der Waals surface area contributed by atoms with Gasteiger partial charge >= 0.3 is 0 Å². The fraction of sp³-hybridized carbons (Fsp3) is 0.688. The van der Waals surface area contributed by atoms with E-state index in [9.17, 15) is 0 Å². The van der Waals surface area contributed by atoms with Crippen molar-refractivity contribution in [2.75, 3.05) is 33.2 Å². The number of aliphatic imine (C=N–C) groups is 1. The average molecular weight is 311 g/mol. The molecule has 1 heterocycles. The van der Waals surface area contributed by atoms with E-state index in [2.05, 4.69) is 60.4 Å². The highest BCUT2D eigenvalue weighted by atomic mass is 32.1. The van der Waals surface area contributed by atoms with Crippen molar-refractivity contribution in [1.29, 1.82) is 0 Å². The molecule has 0 bridgehead atoms. The van der Waals surface area contributed by atoms with Gasteiger partial charge in [0.25, 0.3) is 0 Å². The number of nitrogens with zero attached hydrogens (tertiary/aromatic N) is 2. The summed E-state index contributed by atoms with van der Waals surface area (Å²) in [5.41, 5.74) is 0. The van der Waals surface area contributed by atoms with E-state index in [1.165, 1.54) is 9.75 Å². The van der Waals surface area contributed by atoms with E-state index in [-0.39, 0.29) is 0 Å². The molecule has 1 atom stereocenters. The predicted molar refractivity (Wildman–Crippen MR) is 94.5 cm³/mol. The van der Waals surface area contributed by atoms with Crippen molar-refractivity contribution < 1.29 is 0 Å². The first-order chi connectivity index (χ1) is 10.1. The van der Waals surface area contributed by atoms with Gasteiger partial charge in [0, 0.05) is 42.4 Å². The van der Waals surface area contributed by atoms with Gasteiger partial charge in [-0.15, -0.1) is 11.3 Å². The maximum atomic E-state index is 4.30. The molecule has 0 saturated carbocycles. The van der Waals surface area contributed by atoms with Crippen molar-refractivity contribution in [3.63, 3.8) is 0 Å². The van der Waals surface area contributed by atoms with Gasteiger partial charge in [0.2, 0.25) is 0 Å². The Labute approximate surface area is 133 Å². The molecule has 0 aliphatic carbocycles. The summed E-state index contributed by atoms with van der Waals surface area (Å²) >= 11 is 1.87. The fourth-order valence-electron chi connectivity index (χ4n) is 2.25. The Morgan fingerprint density at radius 3 is 2.57 bits per heavy atom. The van der Waals surface area contributed by atoms with Crippen molar-refractivity contribution in [2.24, 2.45) is 4.99 Å². The Morgan fingerprint density at radius 1 is 1.33 bits per heavy atom. The molecular formula is C16H30N4S. The molecule has 2 N–H and O–H groups in total. The Hall–Kier alpha value is -1.07. The molecule has 0 saturated heterocycles. The normalized spacial score (nSPS) is 13.5. The van der Waals surface area contributed by atoms with Gasteiger partial charge in [-0.2, -0.15) is 0 Å². The lowest BCUT2D eigenvalue weighted by Gasteiger charge is -2.21. The van der Waals surface area contributed by atoms with Crippen LogP contribution in [-0.4, -0.2) is 50.1 Å². The first kappa shape index (κ1) is 18.0. The van der Waals surface area contributed by atoms with Crippen LogP contribution in [0.2, 0.25) is 0 Å². The van der Waals surface area contributed by atoms with Gasteiger partial charge in [-0.25, -0.2) is 0 Å². The van der Waals surface area contributed by atoms with E-state index in [0.717, 1.165) is 38.6 Å². The van der Waals surface area contributed by atoms with Crippen LogP contribution >= 0.6 is 11.3 Å². The standard InChI is InChI=1S/C16H30N4S/c1-6-20(7-2)11-10-18-16(17-5)19-13(3)12-15-9-8-14(4)21-15/h8-9,13H,6-7,10-12H2,1-5H3,(H2,17,18,19). The fourth-order valence-corrected chi connectivity index (χ4v) is 3.27. The van der Waals surface area contributed by atoms with Crippen LogP contribution in [0.4, 0.5) is 0 Å². The predicted octanol–water partition coefficient (Wildman–Crippen LogP) is 2.49. The van der Waals surface area contributed by atoms with E-state index in [4.69, 9.17) is 0 Å². The number of guanidine groups is 1. The lowest BCUT2D eigenvalue weighted by atomic mass is 10.2. The molecule has 0 aliphatic rings. The Balaban J connectivity index is 2.33. The quantitative estimate of drug-likeness (QED) is 0.572. The maximum Gasteiger partial charge on any atom is 0.191 e. The Morgan fingerprint density at radius 2 is 2.05 bits per heavy atom. The second kappa shape index (κ2) is 9.79. The largest absolute Gasteiger partial charge is 0.355 e. The van der Waals surface area contributed by atoms with Gasteiger partial charge in [-0.3, -0.25) is 4.99 Å². The summed E-state index contributed by atoms with van der Waals surface area (Å²) in [6, 6.07) is 4.78. The third-order valence-electron chi connectivity index (χ3n) is 3.53. The summed E-state index contributed by atoms with van der Waals surface area (Å²) in [4.78, 5) is 9.50. The van der Waals surface area contributed by atoms with E-state index in [0.29, 0.717) is 6.04 Å². The minimum atomic E-state index is 0.378. The van der Waals surface area contributed by atoms with E-state index < -0.39 is 0 Å². The van der Waals surface area contributed by atoms with Gasteiger partial charge in [-0.1, -0.05) is 13.8 Å². The molecule has 0 radical (unpaired) electrons. The van der Waals surface area contributed by atoms with Gasteiger partial charge in [0.1, 0.15) is 0 Å². The van der Waals surface area contributed by atoms with Crippen LogP contribution in [0.5, 0.6) is 0 Å². The molecule has 0 aliphatic heterocycles. The molecule has 1 rings (SSSR count). The summed E-state index contributed by atoms with van der Waals surface area (Å²) < 4.78 is 0. The van der Waals surface area contributed by atoms with Crippen LogP contribution in [0.15, 0.2) is 17.1 Å². The summed E-state index contributed by atoms with van der Waals surface area (Å²) in [7, 11) is 1.83. The van der Waals surface area contributed by atoms with Crippen molar-refractivity contribution in [3.8, 4) is 0 Å². The zero-order valence-electron chi connectivity index (χ0n) is 14.1. The highest BCUT2D eigenvalue weighted by molar-refractivity contribution is 7.11. The number of likely N-dealkylation sites (N-methyl/N-ethyl adjacent to an activating group) is 1. The highest BCUT2D eigenvalue weighted by Gasteiger charge is 2.08. The molecule has 0 aromatic carbocycles. The number of hydrogen-bond donors (Lipinski definition) is 2. The zero-order valence-corrected chi connectivity index (χ0v) is 14.9. The van der Waals surface area contributed by atoms with Crippen molar-refractivity contribution in [1.82, 2.24) is 15.5 Å². The lowest BCUT2D eigenvalue weighted by Crippen LogP contribution is -2.45. The first-order valence-electron chi connectivity index (χ1n) is 7.83. The zero-order chi connectivity index (χ0) is 15.7. The van der Waals surface area contributed by atoms with Crippen LogP contribution < -0.4 is 10.6 Å². The lowest BCUT2D eigenvalue weighted by molar-refractivity contribution is 0.308. The highest BCUT2D eigenvalue weighted by Crippen LogP contribution is 2.16. The van der Waals surface area contributed by atoms with Crippen LogP contribution in [0, 0.1) is 6.92 Å². The molecule has 4 nitrogen and oxygen atoms in total. The van der Waals surface area contributed by atoms with Crippen LogP contribution in [0.25, 0.3) is 0 Å².